The van der Waals surface area contributed by atoms with E-state index in [0.717, 1.165) is 23.4 Å². The number of para-hydroxylation sites is 1. The first kappa shape index (κ1) is 24.3. The third kappa shape index (κ3) is 6.58. The minimum absolute atomic E-state index is 0.0801. The number of aryl methyl sites for hydroxylation is 1. The second kappa shape index (κ2) is 10.5. The van der Waals surface area contributed by atoms with Gasteiger partial charge < -0.3 is 20.1 Å². The summed E-state index contributed by atoms with van der Waals surface area (Å²) in [6.45, 7) is 2.70. The number of halogens is 3. The summed E-state index contributed by atoms with van der Waals surface area (Å²) in [4.78, 5) is 15.1. The van der Waals surface area contributed by atoms with Gasteiger partial charge in [0.2, 0.25) is 0 Å². The van der Waals surface area contributed by atoms with Crippen molar-refractivity contribution in [2.75, 3.05) is 6.61 Å². The molecule has 6 nitrogen and oxygen atoms in total. The molecule has 3 rings (SSSR count). The highest BCUT2D eigenvalue weighted by Gasteiger charge is 2.30. The van der Waals surface area contributed by atoms with E-state index in [1.165, 1.54) is 12.1 Å². The lowest BCUT2D eigenvalue weighted by Gasteiger charge is -2.16. The number of aromatic nitrogens is 2. The lowest BCUT2D eigenvalue weighted by Crippen LogP contribution is -2.24. The Morgan fingerprint density at radius 1 is 1.18 bits per heavy atom. The van der Waals surface area contributed by atoms with Gasteiger partial charge in [0.05, 0.1) is 25.1 Å². The molecule has 0 bridgehead atoms. The molecule has 0 radical (unpaired) electrons. The Bertz CT molecular complexity index is 1080. The Balaban J connectivity index is 1.72. The number of carboxylic acid groups (broad SMARTS) is 1. The minimum atomic E-state index is -4.39. The smallest absolute Gasteiger partial charge is 0.416 e. The molecule has 2 aromatic carbocycles. The van der Waals surface area contributed by atoms with Gasteiger partial charge in [-0.25, -0.2) is 4.98 Å². The molecule has 0 amide bonds. The van der Waals surface area contributed by atoms with Gasteiger partial charge in [0, 0.05) is 29.1 Å². The first-order valence-electron chi connectivity index (χ1n) is 10.5. The van der Waals surface area contributed by atoms with Crippen molar-refractivity contribution in [2.45, 2.75) is 44.9 Å². The second-order valence-electron chi connectivity index (χ2n) is 7.84. The number of ether oxygens (including phenoxy) is 1. The lowest BCUT2D eigenvalue weighted by molar-refractivity contribution is -0.138. The maximum Gasteiger partial charge on any atom is 0.416 e. The number of nitrogens with zero attached hydrogens (tertiary/aromatic N) is 2. The van der Waals surface area contributed by atoms with Crippen LogP contribution in [0.4, 0.5) is 13.2 Å². The van der Waals surface area contributed by atoms with Crippen LogP contribution in [0.5, 0.6) is 5.75 Å². The average Bonchev–Trinajstić information content (AvgIpc) is 3.11. The van der Waals surface area contributed by atoms with Crippen LogP contribution in [0.2, 0.25) is 0 Å². The van der Waals surface area contributed by atoms with Crippen LogP contribution in [-0.2, 0) is 17.5 Å². The Morgan fingerprint density at radius 2 is 1.88 bits per heavy atom. The van der Waals surface area contributed by atoms with Crippen molar-refractivity contribution in [3.63, 3.8) is 0 Å². The van der Waals surface area contributed by atoms with E-state index in [-0.39, 0.29) is 6.42 Å². The van der Waals surface area contributed by atoms with E-state index in [9.17, 15) is 18.0 Å². The molecule has 0 unspecified atom stereocenters. The fourth-order valence-electron chi connectivity index (χ4n) is 3.50. The highest BCUT2D eigenvalue weighted by atomic mass is 19.4. The predicted molar refractivity (Wildman–Crippen MR) is 118 cm³/mol. The van der Waals surface area contributed by atoms with Crippen LogP contribution in [0.3, 0.4) is 0 Å². The molecule has 1 heterocycles. The third-order valence-corrected chi connectivity index (χ3v) is 5.24. The van der Waals surface area contributed by atoms with E-state index in [1.807, 2.05) is 35.8 Å². The van der Waals surface area contributed by atoms with Gasteiger partial charge >= 0.3 is 12.1 Å². The second-order valence-corrected chi connectivity index (χ2v) is 7.84. The monoisotopic (exact) mass is 461 g/mol. The first-order valence-corrected chi connectivity index (χ1v) is 10.5. The van der Waals surface area contributed by atoms with Crippen LogP contribution >= 0.6 is 0 Å². The van der Waals surface area contributed by atoms with Gasteiger partial charge in [-0.3, -0.25) is 4.79 Å². The minimum Gasteiger partial charge on any atom is -0.493 e. The maximum absolute atomic E-state index is 12.9. The zero-order valence-corrected chi connectivity index (χ0v) is 18.2. The Kier molecular flexibility index (Phi) is 7.75. The van der Waals surface area contributed by atoms with Crippen molar-refractivity contribution in [1.29, 1.82) is 0 Å². The number of nitrogens with two attached hydrogens (primary N) is 1. The summed E-state index contributed by atoms with van der Waals surface area (Å²) in [7, 11) is 0. The van der Waals surface area contributed by atoms with Gasteiger partial charge in [-0.2, -0.15) is 13.2 Å². The molecule has 3 N–H and O–H groups in total. The van der Waals surface area contributed by atoms with E-state index in [4.69, 9.17) is 15.6 Å². The molecule has 0 fully saturated rings. The number of imidazole rings is 1. The summed E-state index contributed by atoms with van der Waals surface area (Å²) in [6, 6.07) is 12.0. The normalized spacial score (nSPS) is 12.5. The summed E-state index contributed by atoms with van der Waals surface area (Å²) < 4.78 is 46.5. The van der Waals surface area contributed by atoms with E-state index >= 15 is 0 Å². The molecule has 0 aliphatic heterocycles. The van der Waals surface area contributed by atoms with Crippen molar-refractivity contribution in [1.82, 2.24) is 9.55 Å². The van der Waals surface area contributed by atoms with Crippen LogP contribution < -0.4 is 10.5 Å². The number of carbonyl (C=O) groups is 1. The largest absolute Gasteiger partial charge is 0.493 e. The zero-order chi connectivity index (χ0) is 24.0. The molecule has 3 aromatic rings. The number of alkyl halides is 3. The molecular weight excluding hydrogens is 435 g/mol. The summed E-state index contributed by atoms with van der Waals surface area (Å²) in [5.74, 6) is 0.319. The van der Waals surface area contributed by atoms with E-state index in [2.05, 4.69) is 4.98 Å². The molecule has 1 atom stereocenters. The SMILES string of the molecule is Cc1cnc(-c2ccc(C(F)(F)F)cc2)n1Cc1ccccc1OCCC[C@@H](N)CC(=O)O. The van der Waals surface area contributed by atoms with Crippen molar-refractivity contribution in [2.24, 2.45) is 5.73 Å². The summed E-state index contributed by atoms with van der Waals surface area (Å²) in [5, 5.41) is 8.78. The van der Waals surface area contributed by atoms with Crippen molar-refractivity contribution >= 4 is 5.97 Å². The highest BCUT2D eigenvalue weighted by molar-refractivity contribution is 5.67. The number of hydrogen-bond acceptors (Lipinski definition) is 4. The van der Waals surface area contributed by atoms with Gasteiger partial charge in [-0.15, -0.1) is 0 Å². The third-order valence-electron chi connectivity index (χ3n) is 5.24. The van der Waals surface area contributed by atoms with Gasteiger partial charge in [0.25, 0.3) is 0 Å². The Labute approximate surface area is 189 Å². The Hall–Kier alpha value is -3.33. The zero-order valence-electron chi connectivity index (χ0n) is 18.2. The molecule has 176 valence electrons. The molecule has 0 spiro atoms. The van der Waals surface area contributed by atoms with Gasteiger partial charge in [0.15, 0.2) is 0 Å². The summed E-state index contributed by atoms with van der Waals surface area (Å²) in [5.41, 5.74) is 7.42. The van der Waals surface area contributed by atoms with Gasteiger partial charge in [0.1, 0.15) is 11.6 Å². The van der Waals surface area contributed by atoms with Crippen molar-refractivity contribution in [3.8, 4) is 17.1 Å². The number of carboxylic acids is 1. The number of benzene rings is 2. The molecule has 9 heteroatoms. The van der Waals surface area contributed by atoms with Gasteiger partial charge in [-0.1, -0.05) is 30.3 Å². The standard InChI is InChI=1S/C24H26F3N3O3/c1-16-14-29-23(17-8-10-19(11-9-17)24(25,26)27)30(16)15-18-5-2-3-7-21(18)33-12-4-6-20(28)13-22(31)32/h2-3,5,7-11,14,20H,4,6,12-13,15,28H2,1H3,(H,31,32)/t20-/m1/s1. The van der Waals surface area contributed by atoms with Crippen LogP contribution in [0.15, 0.2) is 54.7 Å². The quantitative estimate of drug-likeness (QED) is 0.420. The fourth-order valence-corrected chi connectivity index (χ4v) is 3.50. The van der Waals surface area contributed by atoms with E-state index in [1.54, 1.807) is 6.20 Å². The molecule has 0 saturated carbocycles. The average molecular weight is 461 g/mol. The van der Waals surface area contributed by atoms with E-state index in [0.29, 0.717) is 43.1 Å². The summed E-state index contributed by atoms with van der Waals surface area (Å²) in [6.07, 6.45) is -1.64. The number of hydrogen-bond donors (Lipinski definition) is 2. The topological polar surface area (TPSA) is 90.4 Å². The van der Waals surface area contributed by atoms with Crippen LogP contribution in [0, 0.1) is 6.92 Å². The van der Waals surface area contributed by atoms with Crippen molar-refractivity contribution < 1.29 is 27.8 Å². The molecule has 33 heavy (non-hydrogen) atoms. The Morgan fingerprint density at radius 3 is 2.55 bits per heavy atom. The van der Waals surface area contributed by atoms with Crippen LogP contribution in [0.1, 0.15) is 36.1 Å². The van der Waals surface area contributed by atoms with Crippen molar-refractivity contribution in [3.05, 3.63) is 71.5 Å². The number of aliphatic carboxylic acids is 1. The molecule has 1 aromatic heterocycles. The maximum atomic E-state index is 12.9. The summed E-state index contributed by atoms with van der Waals surface area (Å²) >= 11 is 0. The highest BCUT2D eigenvalue weighted by Crippen LogP contribution is 2.31. The lowest BCUT2D eigenvalue weighted by atomic mass is 10.1. The first-order chi connectivity index (χ1) is 15.6. The predicted octanol–water partition coefficient (Wildman–Crippen LogP) is 4.89. The van der Waals surface area contributed by atoms with Crippen LogP contribution in [0.25, 0.3) is 11.4 Å². The number of rotatable bonds is 10. The fraction of sp³-hybridized carbons (Fsp3) is 0.333. The van der Waals surface area contributed by atoms with Gasteiger partial charge in [-0.05, 0) is 38.0 Å². The molecular formula is C24H26F3N3O3. The molecule has 0 aliphatic rings. The van der Waals surface area contributed by atoms with Crippen LogP contribution in [-0.4, -0.2) is 33.3 Å². The molecule has 0 saturated heterocycles. The molecule has 0 aliphatic carbocycles. The van der Waals surface area contributed by atoms with E-state index < -0.39 is 23.8 Å².